The van der Waals surface area contributed by atoms with Crippen LogP contribution >= 0.6 is 0 Å². The van der Waals surface area contributed by atoms with E-state index in [1.54, 1.807) is 0 Å². The number of hydrogen-bond donors (Lipinski definition) is 2. The molecule has 0 amide bonds. The molecule has 6 heteroatoms. The Labute approximate surface area is 143 Å². The molecule has 0 saturated carbocycles. The largest absolute Gasteiger partial charge is 0.382 e. The molecule has 4 N–H and O–H groups in total. The predicted molar refractivity (Wildman–Crippen MR) is 96.9 cm³/mol. The molecule has 0 unspecified atom stereocenters. The van der Waals surface area contributed by atoms with Crippen molar-refractivity contribution >= 4 is 11.8 Å². The number of nitrogens with zero attached hydrogens (tertiary/aromatic N) is 4. The summed E-state index contributed by atoms with van der Waals surface area (Å²) in [4.78, 5) is 10.5. The van der Waals surface area contributed by atoms with Crippen molar-refractivity contribution in [1.29, 1.82) is 5.26 Å². The number of aromatic nitrogens is 2. The van der Waals surface area contributed by atoms with Gasteiger partial charge in [-0.1, -0.05) is 38.5 Å². The Hall–Kier alpha value is -2.65. The molecule has 126 valence electrons. The molecule has 0 aliphatic carbocycles. The number of hydrogen-bond acceptors (Lipinski definition) is 6. The third-order valence-corrected chi connectivity index (χ3v) is 3.95. The highest BCUT2D eigenvalue weighted by Crippen LogP contribution is 2.26. The van der Waals surface area contributed by atoms with E-state index in [4.69, 9.17) is 11.5 Å². The number of anilines is 2. The number of nitrogen functional groups attached to an aromatic ring is 2. The summed E-state index contributed by atoms with van der Waals surface area (Å²) in [5.74, 6) is 0.188. The van der Waals surface area contributed by atoms with Crippen LogP contribution in [0, 0.1) is 11.3 Å². The second kappa shape index (κ2) is 8.27. The number of unbranched alkanes of at least 4 members (excludes halogenated alkanes) is 1. The van der Waals surface area contributed by atoms with E-state index >= 15 is 0 Å². The van der Waals surface area contributed by atoms with Gasteiger partial charge in [0, 0.05) is 12.1 Å². The summed E-state index contributed by atoms with van der Waals surface area (Å²) >= 11 is 0. The fourth-order valence-electron chi connectivity index (χ4n) is 2.62. The molecule has 2 rings (SSSR count). The van der Waals surface area contributed by atoms with Crippen LogP contribution in [0.25, 0.3) is 11.3 Å². The van der Waals surface area contributed by atoms with Gasteiger partial charge in [0.1, 0.15) is 17.5 Å². The van der Waals surface area contributed by atoms with Crippen molar-refractivity contribution in [2.45, 2.75) is 33.2 Å². The van der Waals surface area contributed by atoms with Crippen molar-refractivity contribution in [3.63, 3.8) is 0 Å². The molecule has 2 aromatic rings. The van der Waals surface area contributed by atoms with Crippen molar-refractivity contribution in [3.05, 3.63) is 35.4 Å². The molecular weight excluding hydrogens is 300 g/mol. The smallest absolute Gasteiger partial charge is 0.222 e. The van der Waals surface area contributed by atoms with E-state index < -0.39 is 0 Å². The highest BCUT2D eigenvalue weighted by atomic mass is 15.1. The van der Waals surface area contributed by atoms with E-state index in [1.165, 1.54) is 18.4 Å². The summed E-state index contributed by atoms with van der Waals surface area (Å²) in [7, 11) is 0. The van der Waals surface area contributed by atoms with Crippen LogP contribution in [0.2, 0.25) is 0 Å². The Morgan fingerprint density at radius 3 is 2.67 bits per heavy atom. The van der Waals surface area contributed by atoms with Crippen LogP contribution in [-0.4, -0.2) is 28.0 Å². The van der Waals surface area contributed by atoms with Crippen LogP contribution in [0.3, 0.4) is 0 Å². The zero-order valence-electron chi connectivity index (χ0n) is 14.3. The number of nitriles is 1. The van der Waals surface area contributed by atoms with Crippen molar-refractivity contribution in [1.82, 2.24) is 14.9 Å². The number of benzene rings is 1. The summed E-state index contributed by atoms with van der Waals surface area (Å²) in [6, 6.07) is 10.1. The molecule has 0 bridgehead atoms. The van der Waals surface area contributed by atoms with Crippen molar-refractivity contribution in [3.8, 4) is 17.3 Å². The van der Waals surface area contributed by atoms with Gasteiger partial charge in [-0.25, -0.2) is 4.98 Å². The second-order valence-electron chi connectivity index (χ2n) is 5.73. The Morgan fingerprint density at radius 1 is 1.21 bits per heavy atom. The molecule has 1 aromatic heterocycles. The molecule has 1 aromatic carbocycles. The van der Waals surface area contributed by atoms with Crippen LogP contribution in [0.15, 0.2) is 24.3 Å². The number of nitrogens with two attached hydrogens (primary N) is 2. The van der Waals surface area contributed by atoms with E-state index in [0.29, 0.717) is 5.69 Å². The minimum absolute atomic E-state index is 0.0741. The van der Waals surface area contributed by atoms with E-state index in [1.807, 2.05) is 18.2 Å². The zero-order chi connectivity index (χ0) is 17.5. The van der Waals surface area contributed by atoms with Gasteiger partial charge in [-0.2, -0.15) is 10.2 Å². The maximum Gasteiger partial charge on any atom is 0.222 e. The van der Waals surface area contributed by atoms with Gasteiger partial charge in [-0.05, 0) is 31.1 Å². The van der Waals surface area contributed by atoms with Gasteiger partial charge >= 0.3 is 0 Å². The lowest BCUT2D eigenvalue weighted by Crippen LogP contribution is -2.23. The lowest BCUT2D eigenvalue weighted by Gasteiger charge is -2.20. The first-order valence-electron chi connectivity index (χ1n) is 8.23. The van der Waals surface area contributed by atoms with Gasteiger partial charge in [-0.15, -0.1) is 0 Å². The molecule has 0 fully saturated rings. The minimum atomic E-state index is 0.0741. The molecule has 0 atom stereocenters. The highest BCUT2D eigenvalue weighted by molar-refractivity contribution is 5.73. The van der Waals surface area contributed by atoms with Gasteiger partial charge in [0.15, 0.2) is 0 Å². The molecule has 0 spiro atoms. The third kappa shape index (κ3) is 4.21. The van der Waals surface area contributed by atoms with Gasteiger partial charge < -0.3 is 11.5 Å². The summed E-state index contributed by atoms with van der Waals surface area (Å²) in [6.07, 6.45) is 2.37. The van der Waals surface area contributed by atoms with Gasteiger partial charge in [0.2, 0.25) is 5.95 Å². The molecular formula is C18H24N6. The second-order valence-corrected chi connectivity index (χ2v) is 5.73. The maximum atomic E-state index is 9.34. The quantitative estimate of drug-likeness (QED) is 0.811. The lowest BCUT2D eigenvalue weighted by molar-refractivity contribution is 0.275. The SMILES string of the molecule is CCCCN(CC)Cc1cccc(-c2nc(N)nc(N)c2C#N)c1. The van der Waals surface area contributed by atoms with Gasteiger partial charge in [0.05, 0.1) is 5.69 Å². The minimum Gasteiger partial charge on any atom is -0.382 e. The van der Waals surface area contributed by atoms with E-state index in [9.17, 15) is 5.26 Å². The fraction of sp³-hybridized carbons (Fsp3) is 0.389. The zero-order valence-corrected chi connectivity index (χ0v) is 14.3. The average Bonchev–Trinajstić information content (AvgIpc) is 2.58. The summed E-state index contributed by atoms with van der Waals surface area (Å²) in [5.41, 5.74) is 14.3. The first-order valence-corrected chi connectivity index (χ1v) is 8.23. The summed E-state index contributed by atoms with van der Waals surface area (Å²) in [5, 5.41) is 9.34. The molecule has 6 nitrogen and oxygen atoms in total. The summed E-state index contributed by atoms with van der Waals surface area (Å²) < 4.78 is 0. The van der Waals surface area contributed by atoms with Crippen molar-refractivity contribution < 1.29 is 0 Å². The first-order chi connectivity index (χ1) is 11.6. The molecule has 0 saturated heterocycles. The molecule has 0 aliphatic rings. The Kier molecular flexibility index (Phi) is 6.10. The molecule has 0 radical (unpaired) electrons. The van der Waals surface area contributed by atoms with Crippen LogP contribution in [0.1, 0.15) is 37.8 Å². The van der Waals surface area contributed by atoms with Crippen LogP contribution in [0.5, 0.6) is 0 Å². The Bertz CT molecular complexity index is 735. The number of rotatable bonds is 7. The molecule has 1 heterocycles. The van der Waals surface area contributed by atoms with Gasteiger partial charge in [0.25, 0.3) is 0 Å². The normalized spacial score (nSPS) is 10.8. The van der Waals surface area contributed by atoms with Crippen molar-refractivity contribution in [2.24, 2.45) is 0 Å². The Balaban J connectivity index is 2.33. The maximum absolute atomic E-state index is 9.34. The topological polar surface area (TPSA) is 105 Å². The van der Waals surface area contributed by atoms with Crippen molar-refractivity contribution in [2.75, 3.05) is 24.6 Å². The van der Waals surface area contributed by atoms with Gasteiger partial charge in [-0.3, -0.25) is 4.90 Å². The lowest BCUT2D eigenvalue weighted by atomic mass is 10.0. The van der Waals surface area contributed by atoms with Crippen LogP contribution < -0.4 is 11.5 Å². The molecule has 24 heavy (non-hydrogen) atoms. The van der Waals surface area contributed by atoms with E-state index in [2.05, 4.69) is 40.9 Å². The first kappa shape index (κ1) is 17.7. The Morgan fingerprint density at radius 2 is 2.00 bits per heavy atom. The average molecular weight is 324 g/mol. The standard InChI is InChI=1S/C18H24N6/c1-3-5-9-24(4-2)12-13-7-6-8-14(10-13)16-15(11-19)17(20)23-18(21)22-16/h6-8,10H,3-5,9,12H2,1-2H3,(H4,20,21,22,23). The summed E-state index contributed by atoms with van der Waals surface area (Å²) in [6.45, 7) is 7.30. The fourth-order valence-corrected chi connectivity index (χ4v) is 2.62. The van der Waals surface area contributed by atoms with Crippen LogP contribution in [0.4, 0.5) is 11.8 Å². The van der Waals surface area contributed by atoms with E-state index in [0.717, 1.165) is 25.2 Å². The highest BCUT2D eigenvalue weighted by Gasteiger charge is 2.14. The monoisotopic (exact) mass is 324 g/mol. The predicted octanol–water partition coefficient (Wildman–Crippen LogP) is 2.80. The van der Waals surface area contributed by atoms with Crippen LogP contribution in [-0.2, 0) is 6.54 Å². The molecule has 0 aliphatic heterocycles. The van der Waals surface area contributed by atoms with E-state index in [-0.39, 0.29) is 17.3 Å². The third-order valence-electron chi connectivity index (χ3n) is 3.95.